The molecule has 1 saturated heterocycles. The van der Waals surface area contributed by atoms with Crippen molar-refractivity contribution in [1.29, 1.82) is 0 Å². The quantitative estimate of drug-likeness (QED) is 0.355. The van der Waals surface area contributed by atoms with Crippen molar-refractivity contribution in [3.05, 3.63) is 75.3 Å². The van der Waals surface area contributed by atoms with E-state index in [1.54, 1.807) is 30.3 Å². The standard InChI is InChI=1S/C20H20N2O4/c1-15-2-6-17(7-3-15)20(23)9-5-16-4-8-18(19(14-16)22(24)25)21-10-12-26-13-11-21/h2-9,14H,10-13H2,1H3/b9-5+. The van der Waals surface area contributed by atoms with Gasteiger partial charge in [0.2, 0.25) is 0 Å². The van der Waals surface area contributed by atoms with E-state index in [4.69, 9.17) is 4.74 Å². The van der Waals surface area contributed by atoms with Gasteiger partial charge in [0.1, 0.15) is 5.69 Å². The van der Waals surface area contributed by atoms with Gasteiger partial charge in [0, 0.05) is 24.7 Å². The maximum absolute atomic E-state index is 12.2. The highest BCUT2D eigenvalue weighted by Crippen LogP contribution is 2.30. The van der Waals surface area contributed by atoms with Crippen molar-refractivity contribution in [2.45, 2.75) is 6.92 Å². The summed E-state index contributed by atoms with van der Waals surface area (Å²) in [6.07, 6.45) is 3.05. The Balaban J connectivity index is 1.81. The van der Waals surface area contributed by atoms with E-state index in [9.17, 15) is 14.9 Å². The van der Waals surface area contributed by atoms with E-state index in [2.05, 4.69) is 0 Å². The molecule has 1 aliphatic rings. The third-order valence-electron chi connectivity index (χ3n) is 4.31. The van der Waals surface area contributed by atoms with Crippen LogP contribution >= 0.6 is 0 Å². The molecule has 1 heterocycles. The Hall–Kier alpha value is -2.99. The molecule has 0 aliphatic carbocycles. The summed E-state index contributed by atoms with van der Waals surface area (Å²) >= 11 is 0. The fraction of sp³-hybridized carbons (Fsp3) is 0.250. The first-order chi connectivity index (χ1) is 12.5. The van der Waals surface area contributed by atoms with E-state index in [1.165, 1.54) is 12.1 Å². The predicted molar refractivity (Wildman–Crippen MR) is 101 cm³/mol. The number of ether oxygens (including phenoxy) is 1. The van der Waals surface area contributed by atoms with Crippen molar-refractivity contribution in [2.75, 3.05) is 31.2 Å². The molecule has 0 radical (unpaired) electrons. The molecule has 134 valence electrons. The van der Waals surface area contributed by atoms with E-state index >= 15 is 0 Å². The van der Waals surface area contributed by atoms with Crippen molar-refractivity contribution < 1.29 is 14.5 Å². The second-order valence-electron chi connectivity index (χ2n) is 6.17. The average Bonchev–Trinajstić information content (AvgIpc) is 2.67. The van der Waals surface area contributed by atoms with Crippen LogP contribution in [0.4, 0.5) is 11.4 Å². The van der Waals surface area contributed by atoms with Crippen molar-refractivity contribution in [3.63, 3.8) is 0 Å². The third kappa shape index (κ3) is 4.15. The number of nitro benzene ring substituents is 1. The Morgan fingerprint density at radius 2 is 1.85 bits per heavy atom. The number of hydrogen-bond acceptors (Lipinski definition) is 5. The van der Waals surface area contributed by atoms with E-state index in [-0.39, 0.29) is 16.4 Å². The number of aryl methyl sites for hydroxylation is 1. The van der Waals surface area contributed by atoms with Gasteiger partial charge in [-0.25, -0.2) is 0 Å². The molecule has 0 spiro atoms. The van der Waals surface area contributed by atoms with Gasteiger partial charge in [0.15, 0.2) is 5.78 Å². The van der Waals surface area contributed by atoms with E-state index in [1.807, 2.05) is 24.0 Å². The van der Waals surface area contributed by atoms with Crippen LogP contribution < -0.4 is 4.90 Å². The topological polar surface area (TPSA) is 72.7 Å². The van der Waals surface area contributed by atoms with Crippen LogP contribution in [0.5, 0.6) is 0 Å². The summed E-state index contributed by atoms with van der Waals surface area (Å²) in [5.41, 5.74) is 2.91. The summed E-state index contributed by atoms with van der Waals surface area (Å²) in [5, 5.41) is 11.5. The van der Waals surface area contributed by atoms with Crippen molar-refractivity contribution in [2.24, 2.45) is 0 Å². The number of ketones is 1. The first-order valence-electron chi connectivity index (χ1n) is 8.45. The molecule has 2 aromatic rings. The molecule has 0 bridgehead atoms. The highest BCUT2D eigenvalue weighted by atomic mass is 16.6. The zero-order valence-electron chi connectivity index (χ0n) is 14.6. The van der Waals surface area contributed by atoms with Gasteiger partial charge in [-0.15, -0.1) is 0 Å². The summed E-state index contributed by atoms with van der Waals surface area (Å²) in [5.74, 6) is -0.134. The molecule has 0 amide bonds. The van der Waals surface area contributed by atoms with Crippen molar-refractivity contribution in [3.8, 4) is 0 Å². The van der Waals surface area contributed by atoms with Gasteiger partial charge in [-0.05, 0) is 24.6 Å². The summed E-state index contributed by atoms with van der Waals surface area (Å²) < 4.78 is 5.30. The monoisotopic (exact) mass is 352 g/mol. The van der Waals surface area contributed by atoms with Crippen LogP contribution in [0.15, 0.2) is 48.5 Å². The van der Waals surface area contributed by atoms with E-state index in [0.717, 1.165) is 5.56 Å². The van der Waals surface area contributed by atoms with E-state index in [0.29, 0.717) is 43.1 Å². The largest absolute Gasteiger partial charge is 0.378 e. The van der Waals surface area contributed by atoms with Crippen LogP contribution in [0, 0.1) is 17.0 Å². The fourth-order valence-corrected chi connectivity index (χ4v) is 2.85. The fourth-order valence-electron chi connectivity index (χ4n) is 2.85. The van der Waals surface area contributed by atoms with Crippen LogP contribution in [0.3, 0.4) is 0 Å². The molecule has 0 saturated carbocycles. The summed E-state index contributed by atoms with van der Waals surface area (Å²) in [4.78, 5) is 25.3. The van der Waals surface area contributed by atoms with Crippen LogP contribution in [0.2, 0.25) is 0 Å². The number of morpholine rings is 1. The number of allylic oxidation sites excluding steroid dienone is 1. The molecule has 1 fully saturated rings. The predicted octanol–water partition coefficient (Wildman–Crippen LogP) is 3.64. The molecule has 0 unspecified atom stereocenters. The van der Waals surface area contributed by atoms with Crippen LogP contribution in [0.1, 0.15) is 21.5 Å². The highest BCUT2D eigenvalue weighted by Gasteiger charge is 2.21. The molecular weight excluding hydrogens is 332 g/mol. The Bertz CT molecular complexity index is 837. The van der Waals surface area contributed by atoms with Gasteiger partial charge in [-0.1, -0.05) is 42.0 Å². The second-order valence-corrected chi connectivity index (χ2v) is 6.17. The van der Waals surface area contributed by atoms with E-state index < -0.39 is 0 Å². The number of carbonyl (C=O) groups excluding carboxylic acids is 1. The third-order valence-corrected chi connectivity index (χ3v) is 4.31. The lowest BCUT2D eigenvalue weighted by molar-refractivity contribution is -0.384. The lowest BCUT2D eigenvalue weighted by Gasteiger charge is -2.28. The molecule has 0 N–H and O–H groups in total. The molecular formula is C20H20N2O4. The Kier molecular flexibility index (Phi) is 5.43. The van der Waals surface area contributed by atoms with Crippen LogP contribution in [0.25, 0.3) is 6.08 Å². The molecule has 26 heavy (non-hydrogen) atoms. The van der Waals surface area contributed by atoms with Crippen molar-refractivity contribution in [1.82, 2.24) is 0 Å². The number of hydrogen-bond donors (Lipinski definition) is 0. The number of nitro groups is 1. The van der Waals surface area contributed by atoms with Crippen LogP contribution in [-0.4, -0.2) is 37.0 Å². The minimum atomic E-state index is -0.385. The molecule has 1 aliphatic heterocycles. The average molecular weight is 352 g/mol. The molecule has 0 atom stereocenters. The molecule has 2 aromatic carbocycles. The number of anilines is 1. The van der Waals surface area contributed by atoms with Gasteiger partial charge < -0.3 is 9.64 Å². The zero-order chi connectivity index (χ0) is 18.5. The highest BCUT2D eigenvalue weighted by molar-refractivity contribution is 6.06. The van der Waals surface area contributed by atoms with Gasteiger partial charge in [0.05, 0.1) is 18.1 Å². The lowest BCUT2D eigenvalue weighted by Crippen LogP contribution is -2.36. The van der Waals surface area contributed by atoms with Crippen LogP contribution in [-0.2, 0) is 4.74 Å². The minimum Gasteiger partial charge on any atom is -0.378 e. The Labute approximate surface area is 151 Å². The first kappa shape index (κ1) is 17.8. The Morgan fingerprint density at radius 1 is 1.15 bits per heavy atom. The SMILES string of the molecule is Cc1ccc(C(=O)/C=C/c2ccc(N3CCOCC3)c([N+](=O)[O-])c2)cc1. The first-order valence-corrected chi connectivity index (χ1v) is 8.45. The Morgan fingerprint density at radius 3 is 2.50 bits per heavy atom. The second kappa shape index (κ2) is 7.93. The summed E-state index contributed by atoms with van der Waals surface area (Å²) in [6, 6.07) is 12.3. The van der Waals surface area contributed by atoms with Gasteiger partial charge >= 0.3 is 0 Å². The minimum absolute atomic E-state index is 0.0387. The number of rotatable bonds is 5. The molecule has 0 aromatic heterocycles. The van der Waals surface area contributed by atoms with Gasteiger partial charge in [0.25, 0.3) is 5.69 Å². The van der Waals surface area contributed by atoms with Gasteiger partial charge in [-0.2, -0.15) is 0 Å². The molecule has 6 heteroatoms. The summed E-state index contributed by atoms with van der Waals surface area (Å²) in [7, 11) is 0. The van der Waals surface area contributed by atoms with Gasteiger partial charge in [-0.3, -0.25) is 14.9 Å². The smallest absolute Gasteiger partial charge is 0.293 e. The zero-order valence-corrected chi connectivity index (χ0v) is 14.6. The maximum Gasteiger partial charge on any atom is 0.293 e. The normalized spacial score (nSPS) is 14.6. The van der Waals surface area contributed by atoms with Crippen molar-refractivity contribution >= 4 is 23.2 Å². The number of carbonyl (C=O) groups is 1. The number of nitrogens with zero attached hydrogens (tertiary/aromatic N) is 2. The maximum atomic E-state index is 12.2. The summed E-state index contributed by atoms with van der Waals surface area (Å²) in [6.45, 7) is 4.33. The molecule has 3 rings (SSSR count). The number of benzene rings is 2. The lowest BCUT2D eigenvalue weighted by atomic mass is 10.1. The molecule has 6 nitrogen and oxygen atoms in total.